The minimum absolute atomic E-state index is 0.00301. The van der Waals surface area contributed by atoms with Gasteiger partial charge in [-0.25, -0.2) is 0 Å². The van der Waals surface area contributed by atoms with E-state index in [2.05, 4.69) is 55.3 Å². The fourth-order valence-electron chi connectivity index (χ4n) is 4.59. The molecule has 1 fully saturated rings. The Kier molecular flexibility index (Phi) is 6.08. The average Bonchev–Trinajstić information content (AvgIpc) is 2.70. The zero-order valence-corrected chi connectivity index (χ0v) is 18.8. The van der Waals surface area contributed by atoms with E-state index in [9.17, 15) is 4.79 Å². The van der Waals surface area contributed by atoms with Crippen LogP contribution in [0.2, 0.25) is 5.02 Å². The van der Waals surface area contributed by atoms with E-state index in [0.717, 1.165) is 55.2 Å². The molecule has 1 amide bonds. The van der Waals surface area contributed by atoms with E-state index in [-0.39, 0.29) is 23.5 Å². The molecule has 30 heavy (non-hydrogen) atoms. The first-order chi connectivity index (χ1) is 14.3. The van der Waals surface area contributed by atoms with Gasteiger partial charge in [-0.05, 0) is 70.5 Å². The lowest BCUT2D eigenvalue weighted by atomic mass is 9.88. The molecule has 0 radical (unpaired) electrons. The summed E-state index contributed by atoms with van der Waals surface area (Å²) in [6, 6.07) is 14.3. The third-order valence-electron chi connectivity index (χ3n) is 6.22. The second-order valence-corrected chi connectivity index (χ2v) is 9.78. The quantitative estimate of drug-likeness (QED) is 0.723. The number of hydrogen-bond donors (Lipinski definition) is 1. The fraction of sp³-hybridized carbons (Fsp3) is 0.480. The molecular formula is C25H31ClN2O2. The molecule has 1 saturated heterocycles. The number of halogens is 1. The Morgan fingerprint density at radius 1 is 1.17 bits per heavy atom. The standard InChI is InChI=1S/C25H31ClN2O2/c1-17-4-9-23-21(14-17)22(15-25(2,3)30-23)27-24(29)19-10-12-28(13-11-19)16-18-5-7-20(26)8-6-18/h4-9,14,19,22H,10-13,15-16H2,1-3H3,(H,27,29)/t22-/m0/s1. The van der Waals surface area contributed by atoms with Crippen LogP contribution in [0.5, 0.6) is 5.75 Å². The van der Waals surface area contributed by atoms with Crippen molar-refractivity contribution in [2.24, 2.45) is 5.92 Å². The van der Waals surface area contributed by atoms with Crippen molar-refractivity contribution in [2.75, 3.05) is 13.1 Å². The zero-order chi connectivity index (χ0) is 21.3. The molecule has 2 aliphatic rings. The van der Waals surface area contributed by atoms with Gasteiger partial charge in [0.25, 0.3) is 0 Å². The third-order valence-corrected chi connectivity index (χ3v) is 6.47. The Morgan fingerprint density at radius 3 is 2.57 bits per heavy atom. The summed E-state index contributed by atoms with van der Waals surface area (Å²) < 4.78 is 6.14. The summed E-state index contributed by atoms with van der Waals surface area (Å²) in [5.74, 6) is 1.14. The number of carbonyl (C=O) groups is 1. The van der Waals surface area contributed by atoms with E-state index in [1.807, 2.05) is 18.2 Å². The number of carbonyl (C=O) groups excluding carboxylic acids is 1. The van der Waals surface area contributed by atoms with Gasteiger partial charge < -0.3 is 10.1 Å². The molecule has 0 aliphatic carbocycles. The monoisotopic (exact) mass is 426 g/mol. The van der Waals surface area contributed by atoms with Crippen LogP contribution < -0.4 is 10.1 Å². The van der Waals surface area contributed by atoms with Gasteiger partial charge in [0.2, 0.25) is 5.91 Å². The molecule has 0 saturated carbocycles. The molecule has 0 aromatic heterocycles. The highest BCUT2D eigenvalue weighted by atomic mass is 35.5. The number of nitrogens with one attached hydrogen (secondary N) is 1. The van der Waals surface area contributed by atoms with Gasteiger partial charge in [-0.3, -0.25) is 9.69 Å². The van der Waals surface area contributed by atoms with Gasteiger partial charge in [-0.1, -0.05) is 41.4 Å². The number of rotatable bonds is 4. The molecule has 5 heteroatoms. The number of likely N-dealkylation sites (tertiary alicyclic amines) is 1. The maximum Gasteiger partial charge on any atom is 0.223 e. The van der Waals surface area contributed by atoms with Crippen LogP contribution in [-0.2, 0) is 11.3 Å². The molecule has 160 valence electrons. The van der Waals surface area contributed by atoms with Crippen molar-refractivity contribution >= 4 is 17.5 Å². The molecule has 0 unspecified atom stereocenters. The van der Waals surface area contributed by atoms with Gasteiger partial charge in [0, 0.05) is 29.5 Å². The first-order valence-corrected chi connectivity index (χ1v) is 11.2. The summed E-state index contributed by atoms with van der Waals surface area (Å²) in [7, 11) is 0. The number of fused-ring (bicyclic) bond motifs is 1. The summed E-state index contributed by atoms with van der Waals surface area (Å²) >= 11 is 5.98. The Morgan fingerprint density at radius 2 is 1.87 bits per heavy atom. The predicted molar refractivity (Wildman–Crippen MR) is 121 cm³/mol. The van der Waals surface area contributed by atoms with Gasteiger partial charge in [0.15, 0.2) is 0 Å². The maximum absolute atomic E-state index is 13.1. The molecule has 4 rings (SSSR count). The van der Waals surface area contributed by atoms with Crippen LogP contribution in [0.4, 0.5) is 0 Å². The highest BCUT2D eigenvalue weighted by molar-refractivity contribution is 6.30. The summed E-state index contributed by atoms with van der Waals surface area (Å²) in [4.78, 5) is 15.5. The van der Waals surface area contributed by atoms with Crippen molar-refractivity contribution in [3.05, 3.63) is 64.2 Å². The van der Waals surface area contributed by atoms with Gasteiger partial charge in [0.1, 0.15) is 11.4 Å². The lowest BCUT2D eigenvalue weighted by Crippen LogP contribution is -2.45. The summed E-state index contributed by atoms with van der Waals surface area (Å²) in [6.07, 6.45) is 2.57. The number of piperidine rings is 1. The van der Waals surface area contributed by atoms with Crippen molar-refractivity contribution in [3.8, 4) is 5.75 Å². The van der Waals surface area contributed by atoms with Crippen LogP contribution in [0, 0.1) is 12.8 Å². The van der Waals surface area contributed by atoms with Crippen molar-refractivity contribution in [3.63, 3.8) is 0 Å². The van der Waals surface area contributed by atoms with E-state index in [1.165, 1.54) is 11.1 Å². The van der Waals surface area contributed by atoms with Crippen molar-refractivity contribution in [1.82, 2.24) is 10.2 Å². The molecule has 2 aromatic rings. The smallest absolute Gasteiger partial charge is 0.223 e. The molecule has 1 N–H and O–H groups in total. The van der Waals surface area contributed by atoms with Crippen LogP contribution in [-0.4, -0.2) is 29.5 Å². The second kappa shape index (κ2) is 8.60. The first kappa shape index (κ1) is 21.2. The third kappa shape index (κ3) is 4.98. The highest BCUT2D eigenvalue weighted by Gasteiger charge is 2.36. The normalized spacial score (nSPS) is 21.5. The molecule has 2 heterocycles. The minimum atomic E-state index is -0.290. The number of amides is 1. The number of nitrogens with zero attached hydrogens (tertiary/aromatic N) is 1. The van der Waals surface area contributed by atoms with E-state index < -0.39 is 0 Å². The van der Waals surface area contributed by atoms with Crippen molar-refractivity contribution in [1.29, 1.82) is 0 Å². The first-order valence-electron chi connectivity index (χ1n) is 10.9. The minimum Gasteiger partial charge on any atom is -0.487 e. The SMILES string of the molecule is Cc1ccc2c(c1)[C@@H](NC(=O)C1CCN(Cc3ccc(Cl)cc3)CC1)CC(C)(C)O2. The zero-order valence-electron chi connectivity index (χ0n) is 18.1. The van der Waals surface area contributed by atoms with Crippen LogP contribution in [0.3, 0.4) is 0 Å². The Labute approximate surface area is 184 Å². The van der Waals surface area contributed by atoms with Gasteiger partial charge in [0.05, 0.1) is 6.04 Å². The maximum atomic E-state index is 13.1. The Balaban J connectivity index is 1.36. The largest absolute Gasteiger partial charge is 0.487 e. The molecule has 1 atom stereocenters. The van der Waals surface area contributed by atoms with E-state index in [0.29, 0.717) is 0 Å². The molecule has 0 bridgehead atoms. The van der Waals surface area contributed by atoms with E-state index in [4.69, 9.17) is 16.3 Å². The van der Waals surface area contributed by atoms with Crippen molar-refractivity contribution in [2.45, 2.75) is 58.2 Å². The van der Waals surface area contributed by atoms with Crippen LogP contribution in [0.25, 0.3) is 0 Å². The molecular weight excluding hydrogens is 396 g/mol. The Bertz CT molecular complexity index is 902. The van der Waals surface area contributed by atoms with Crippen LogP contribution in [0.1, 0.15) is 55.8 Å². The topological polar surface area (TPSA) is 41.6 Å². The Hall–Kier alpha value is -2.04. The van der Waals surface area contributed by atoms with Gasteiger partial charge >= 0.3 is 0 Å². The molecule has 0 spiro atoms. The number of benzene rings is 2. The van der Waals surface area contributed by atoms with Crippen LogP contribution >= 0.6 is 11.6 Å². The van der Waals surface area contributed by atoms with Gasteiger partial charge in [-0.15, -0.1) is 0 Å². The lowest BCUT2D eigenvalue weighted by molar-refractivity contribution is -0.127. The van der Waals surface area contributed by atoms with E-state index >= 15 is 0 Å². The number of ether oxygens (including phenoxy) is 1. The molecule has 4 nitrogen and oxygen atoms in total. The lowest BCUT2D eigenvalue weighted by Gasteiger charge is -2.39. The molecule has 2 aromatic carbocycles. The number of hydrogen-bond acceptors (Lipinski definition) is 3. The van der Waals surface area contributed by atoms with Gasteiger partial charge in [-0.2, -0.15) is 0 Å². The average molecular weight is 427 g/mol. The van der Waals surface area contributed by atoms with Crippen LogP contribution in [0.15, 0.2) is 42.5 Å². The van der Waals surface area contributed by atoms with E-state index in [1.54, 1.807) is 0 Å². The highest BCUT2D eigenvalue weighted by Crippen LogP contribution is 2.40. The predicted octanol–water partition coefficient (Wildman–Crippen LogP) is 5.28. The number of aryl methyl sites for hydroxylation is 1. The fourth-order valence-corrected chi connectivity index (χ4v) is 4.72. The summed E-state index contributed by atoms with van der Waals surface area (Å²) in [5, 5.41) is 4.11. The van der Waals surface area contributed by atoms with Crippen molar-refractivity contribution < 1.29 is 9.53 Å². The summed E-state index contributed by atoms with van der Waals surface area (Å²) in [6.45, 7) is 9.04. The molecule has 2 aliphatic heterocycles. The second-order valence-electron chi connectivity index (χ2n) is 9.35. The summed E-state index contributed by atoms with van der Waals surface area (Å²) in [5.41, 5.74) is 3.26.